The average molecular weight is 436 g/mol. The Hall–Kier alpha value is -1.90. The van der Waals surface area contributed by atoms with E-state index < -0.39 is 10.0 Å². The van der Waals surface area contributed by atoms with E-state index in [0.717, 1.165) is 30.5 Å². The summed E-state index contributed by atoms with van der Waals surface area (Å²) in [5.41, 5.74) is 0. The summed E-state index contributed by atoms with van der Waals surface area (Å²) >= 11 is 5.89. The van der Waals surface area contributed by atoms with Crippen molar-refractivity contribution in [2.45, 2.75) is 31.1 Å². The average Bonchev–Trinajstić information content (AvgIpc) is 2.74. The number of aryl methyl sites for hydroxylation is 1. The van der Waals surface area contributed by atoms with Crippen molar-refractivity contribution >= 4 is 33.3 Å². The number of piperidine rings is 1. The third kappa shape index (κ3) is 4.49. The highest BCUT2D eigenvalue weighted by Gasteiger charge is 2.29. The number of sulfonamides is 1. The Morgan fingerprint density at radius 2 is 1.38 bits per heavy atom. The van der Waals surface area contributed by atoms with Crippen LogP contribution in [0.1, 0.15) is 25.1 Å². The minimum Gasteiger partial charge on any atom is -0.356 e. The molecular formula is C20H26ClN5O2S. The second-order valence-corrected chi connectivity index (χ2v) is 9.90. The van der Waals surface area contributed by atoms with E-state index in [4.69, 9.17) is 11.6 Å². The van der Waals surface area contributed by atoms with Crippen LogP contribution in [0.5, 0.6) is 0 Å². The lowest BCUT2D eigenvalue weighted by Gasteiger charge is -2.35. The fraction of sp³-hybridized carbons (Fsp3) is 0.500. The Bertz CT molecular complexity index is 953. The van der Waals surface area contributed by atoms with Crippen molar-refractivity contribution in [1.82, 2.24) is 14.3 Å². The molecule has 0 amide bonds. The fourth-order valence-electron chi connectivity index (χ4n) is 3.90. The first-order valence-corrected chi connectivity index (χ1v) is 11.9. The second-order valence-electron chi connectivity index (χ2n) is 7.52. The Labute approximate surface area is 177 Å². The van der Waals surface area contributed by atoms with Crippen LogP contribution in [-0.2, 0) is 10.0 Å². The minimum atomic E-state index is -3.51. The maximum Gasteiger partial charge on any atom is 0.243 e. The predicted octanol–water partition coefficient (Wildman–Crippen LogP) is 2.94. The minimum absolute atomic E-state index is 0.278. The van der Waals surface area contributed by atoms with E-state index in [2.05, 4.69) is 19.8 Å². The van der Waals surface area contributed by atoms with Crippen LogP contribution >= 0.6 is 11.6 Å². The van der Waals surface area contributed by atoms with Crippen LogP contribution in [0.4, 0.5) is 11.6 Å². The number of halogens is 1. The summed E-state index contributed by atoms with van der Waals surface area (Å²) in [4.78, 5) is 14.0. The first-order valence-electron chi connectivity index (χ1n) is 10.0. The highest BCUT2D eigenvalue weighted by molar-refractivity contribution is 7.89. The van der Waals surface area contributed by atoms with Crippen molar-refractivity contribution < 1.29 is 8.42 Å². The van der Waals surface area contributed by atoms with Crippen LogP contribution in [0.15, 0.2) is 35.2 Å². The molecular weight excluding hydrogens is 410 g/mol. The third-order valence-corrected chi connectivity index (χ3v) is 7.67. The van der Waals surface area contributed by atoms with E-state index in [9.17, 15) is 8.42 Å². The number of piperazine rings is 1. The van der Waals surface area contributed by atoms with Crippen molar-refractivity contribution in [3.8, 4) is 0 Å². The van der Waals surface area contributed by atoms with Gasteiger partial charge in [-0.3, -0.25) is 0 Å². The molecule has 4 rings (SSSR count). The molecule has 9 heteroatoms. The van der Waals surface area contributed by atoms with Gasteiger partial charge in [0.1, 0.15) is 17.5 Å². The maximum absolute atomic E-state index is 12.9. The highest BCUT2D eigenvalue weighted by Crippen LogP contribution is 2.25. The predicted molar refractivity (Wildman–Crippen MR) is 115 cm³/mol. The molecule has 156 valence electrons. The standard InChI is InChI=1S/C20H26ClN5O2S/c1-16-22-19(24-9-3-2-4-10-24)15-20(23-16)25-11-13-26(14-12-25)29(27,28)18-7-5-17(21)6-8-18/h5-8,15H,2-4,9-14H2,1H3. The zero-order chi connectivity index (χ0) is 20.4. The van der Waals surface area contributed by atoms with E-state index in [-0.39, 0.29) is 4.90 Å². The Kier molecular flexibility index (Phi) is 5.94. The molecule has 0 bridgehead atoms. The lowest BCUT2D eigenvalue weighted by molar-refractivity contribution is 0.383. The van der Waals surface area contributed by atoms with Gasteiger partial charge in [-0.15, -0.1) is 0 Å². The molecule has 0 saturated carbocycles. The molecule has 2 fully saturated rings. The normalized spacial score (nSPS) is 18.8. The van der Waals surface area contributed by atoms with Gasteiger partial charge in [0.2, 0.25) is 10.0 Å². The van der Waals surface area contributed by atoms with E-state index in [1.54, 1.807) is 24.3 Å². The van der Waals surface area contributed by atoms with Gasteiger partial charge in [-0.2, -0.15) is 4.31 Å². The van der Waals surface area contributed by atoms with Gasteiger partial charge in [0.15, 0.2) is 0 Å². The number of benzene rings is 1. The Morgan fingerprint density at radius 3 is 1.97 bits per heavy atom. The molecule has 0 N–H and O–H groups in total. The quantitative estimate of drug-likeness (QED) is 0.735. The largest absolute Gasteiger partial charge is 0.356 e. The van der Waals surface area contributed by atoms with Gasteiger partial charge in [-0.05, 0) is 50.5 Å². The lowest BCUT2D eigenvalue weighted by atomic mass is 10.1. The van der Waals surface area contributed by atoms with Gasteiger partial charge in [-0.25, -0.2) is 18.4 Å². The third-order valence-electron chi connectivity index (χ3n) is 5.51. The molecule has 3 heterocycles. The number of rotatable bonds is 4. The molecule has 7 nitrogen and oxygen atoms in total. The van der Waals surface area contributed by atoms with E-state index in [1.165, 1.54) is 23.6 Å². The van der Waals surface area contributed by atoms with Crippen molar-refractivity contribution in [3.63, 3.8) is 0 Å². The molecule has 0 atom stereocenters. The zero-order valence-corrected chi connectivity index (χ0v) is 18.2. The summed E-state index contributed by atoms with van der Waals surface area (Å²) in [5.74, 6) is 2.60. The number of nitrogens with zero attached hydrogens (tertiary/aromatic N) is 5. The molecule has 0 unspecified atom stereocenters. The molecule has 2 aromatic rings. The lowest BCUT2D eigenvalue weighted by Crippen LogP contribution is -2.49. The maximum atomic E-state index is 12.9. The monoisotopic (exact) mass is 435 g/mol. The van der Waals surface area contributed by atoms with Crippen molar-refractivity contribution in [3.05, 3.63) is 41.2 Å². The number of anilines is 2. The molecule has 0 spiro atoms. The van der Waals surface area contributed by atoms with Crippen LogP contribution in [0.2, 0.25) is 5.02 Å². The molecule has 0 radical (unpaired) electrons. The molecule has 0 aliphatic carbocycles. The van der Waals surface area contributed by atoms with Gasteiger partial charge in [-0.1, -0.05) is 11.6 Å². The van der Waals surface area contributed by atoms with Crippen LogP contribution in [0, 0.1) is 6.92 Å². The van der Waals surface area contributed by atoms with Crippen molar-refractivity contribution in [2.75, 3.05) is 49.1 Å². The van der Waals surface area contributed by atoms with Crippen LogP contribution in [0.25, 0.3) is 0 Å². The van der Waals surface area contributed by atoms with E-state index in [0.29, 0.717) is 31.2 Å². The zero-order valence-electron chi connectivity index (χ0n) is 16.6. The van der Waals surface area contributed by atoms with Gasteiger partial charge in [0.05, 0.1) is 4.90 Å². The Morgan fingerprint density at radius 1 is 0.828 bits per heavy atom. The summed E-state index contributed by atoms with van der Waals surface area (Å²) in [6.45, 7) is 6.02. The summed E-state index contributed by atoms with van der Waals surface area (Å²) in [7, 11) is -3.51. The first kappa shape index (κ1) is 20.4. The van der Waals surface area contributed by atoms with Gasteiger partial charge in [0.25, 0.3) is 0 Å². The molecule has 2 aliphatic heterocycles. The van der Waals surface area contributed by atoms with Crippen LogP contribution in [-0.4, -0.2) is 62.0 Å². The van der Waals surface area contributed by atoms with E-state index in [1.807, 2.05) is 13.0 Å². The molecule has 29 heavy (non-hydrogen) atoms. The molecule has 2 aliphatic rings. The smallest absolute Gasteiger partial charge is 0.243 e. The first-order chi connectivity index (χ1) is 13.9. The van der Waals surface area contributed by atoms with Gasteiger partial charge >= 0.3 is 0 Å². The summed E-state index contributed by atoms with van der Waals surface area (Å²) in [6.07, 6.45) is 3.66. The summed E-state index contributed by atoms with van der Waals surface area (Å²) in [6, 6.07) is 8.38. The van der Waals surface area contributed by atoms with Crippen molar-refractivity contribution in [2.24, 2.45) is 0 Å². The van der Waals surface area contributed by atoms with Gasteiger partial charge in [0, 0.05) is 50.4 Å². The SMILES string of the molecule is Cc1nc(N2CCCCC2)cc(N2CCN(S(=O)(=O)c3ccc(Cl)cc3)CC2)n1. The van der Waals surface area contributed by atoms with Gasteiger partial charge < -0.3 is 9.80 Å². The topological polar surface area (TPSA) is 69.6 Å². The van der Waals surface area contributed by atoms with E-state index >= 15 is 0 Å². The van der Waals surface area contributed by atoms with Crippen LogP contribution in [0.3, 0.4) is 0 Å². The highest BCUT2D eigenvalue weighted by atomic mass is 35.5. The summed E-state index contributed by atoms with van der Waals surface area (Å²) < 4.78 is 27.3. The van der Waals surface area contributed by atoms with Crippen LogP contribution < -0.4 is 9.80 Å². The Balaban J connectivity index is 1.47. The molecule has 2 saturated heterocycles. The number of hydrogen-bond donors (Lipinski definition) is 0. The molecule has 1 aromatic heterocycles. The van der Waals surface area contributed by atoms with Crippen molar-refractivity contribution in [1.29, 1.82) is 0 Å². The number of aromatic nitrogens is 2. The summed E-state index contributed by atoms with van der Waals surface area (Å²) in [5, 5.41) is 0.525. The molecule has 1 aromatic carbocycles. The fourth-order valence-corrected chi connectivity index (χ4v) is 5.44. The number of hydrogen-bond acceptors (Lipinski definition) is 6. The second kappa shape index (κ2) is 8.45.